The third-order valence-corrected chi connectivity index (χ3v) is 9.38. The lowest BCUT2D eigenvalue weighted by Crippen LogP contribution is -2.47. The van der Waals surface area contributed by atoms with Crippen LogP contribution in [0.4, 0.5) is 23.7 Å². The van der Waals surface area contributed by atoms with Gasteiger partial charge in [-0.3, -0.25) is 9.59 Å². The van der Waals surface area contributed by atoms with Crippen molar-refractivity contribution in [2.45, 2.75) is 67.6 Å². The summed E-state index contributed by atoms with van der Waals surface area (Å²) < 4.78 is 66.1. The quantitative estimate of drug-likeness (QED) is 0.279. The molecule has 42 heavy (non-hydrogen) atoms. The molecule has 1 saturated carbocycles. The average molecular weight is 629 g/mol. The second kappa shape index (κ2) is 14.3. The number of sulfone groups is 1. The first-order chi connectivity index (χ1) is 19.7. The number of nitrogens with one attached hydrogen (secondary N) is 4. The minimum Gasteiger partial charge on any atom is -0.352 e. The highest BCUT2D eigenvalue weighted by Crippen LogP contribution is 2.32. The largest absolute Gasteiger partial charge is 0.416 e. The molecule has 0 bridgehead atoms. The molecule has 9 nitrogen and oxygen atoms in total. The number of alkyl halides is 3. The van der Waals surface area contributed by atoms with E-state index in [0.29, 0.717) is 18.9 Å². The zero-order chi connectivity index (χ0) is 31.1. The number of halogens is 3. The third kappa shape index (κ3) is 9.38. The Balaban J connectivity index is 1.67. The van der Waals surface area contributed by atoms with E-state index in [1.165, 1.54) is 11.8 Å². The summed E-state index contributed by atoms with van der Waals surface area (Å²) >= 11 is 1.50. The van der Waals surface area contributed by atoms with Gasteiger partial charge in [0.25, 0.3) is 5.91 Å². The molecule has 4 amide bonds. The number of thioether (sulfide) groups is 1. The van der Waals surface area contributed by atoms with Crippen molar-refractivity contribution in [1.29, 1.82) is 0 Å². The number of rotatable bonds is 10. The lowest BCUT2D eigenvalue weighted by molar-refractivity contribution is -0.137. The number of anilines is 1. The number of urea groups is 1. The maximum absolute atomic E-state index is 13.3. The summed E-state index contributed by atoms with van der Waals surface area (Å²) in [5.74, 6) is -2.10. The molecule has 230 valence electrons. The van der Waals surface area contributed by atoms with Crippen LogP contribution in [0.2, 0.25) is 0 Å². The van der Waals surface area contributed by atoms with Crippen molar-refractivity contribution in [1.82, 2.24) is 16.0 Å². The molecule has 1 fully saturated rings. The van der Waals surface area contributed by atoms with Gasteiger partial charge in [-0.1, -0.05) is 12.8 Å². The number of hydrogen-bond acceptors (Lipinski definition) is 6. The van der Waals surface area contributed by atoms with Gasteiger partial charge in [0.2, 0.25) is 5.91 Å². The van der Waals surface area contributed by atoms with E-state index in [-0.39, 0.29) is 28.3 Å². The Morgan fingerprint density at radius 1 is 1.02 bits per heavy atom. The molecule has 2 aromatic rings. The summed E-state index contributed by atoms with van der Waals surface area (Å²) in [5.41, 5.74) is -1.73. The van der Waals surface area contributed by atoms with Gasteiger partial charge in [0.1, 0.15) is 0 Å². The van der Waals surface area contributed by atoms with E-state index < -0.39 is 57.6 Å². The fraction of sp³-hybridized carbons (Fsp3) is 0.464. The summed E-state index contributed by atoms with van der Waals surface area (Å²) in [6, 6.07) is 7.50. The van der Waals surface area contributed by atoms with Gasteiger partial charge in [-0.15, -0.1) is 11.8 Å². The maximum atomic E-state index is 13.3. The van der Waals surface area contributed by atoms with Crippen LogP contribution in [-0.4, -0.2) is 56.9 Å². The molecule has 14 heteroatoms. The van der Waals surface area contributed by atoms with Gasteiger partial charge in [-0.25, -0.2) is 13.2 Å². The van der Waals surface area contributed by atoms with Gasteiger partial charge >= 0.3 is 12.2 Å². The number of benzene rings is 2. The summed E-state index contributed by atoms with van der Waals surface area (Å²) in [4.78, 5) is 38.9. The summed E-state index contributed by atoms with van der Waals surface area (Å²) in [7, 11) is -3.62. The molecule has 0 aromatic heterocycles. The standard InChI is InChI=1S/C28H35F3N4O5S2/c1-17(2)33-27(38)35-24-13-8-19(28(29,30)31)14-22(24)26(37)32-15-25(36)34-23-7-5-4-6-18(23)16-42(39,40)21-11-9-20(41-3)10-12-21/h8-14,17-18,23H,4-7,15-16H2,1-3H3,(H,32,37)(H,34,36)(H2,33,35,38)/t18-,23+/m1/s1. The molecule has 2 aromatic carbocycles. The van der Waals surface area contributed by atoms with Crippen molar-refractivity contribution in [2.75, 3.05) is 23.9 Å². The van der Waals surface area contributed by atoms with Crippen LogP contribution in [0.3, 0.4) is 0 Å². The van der Waals surface area contributed by atoms with Gasteiger partial charge in [-0.05, 0) is 81.3 Å². The molecule has 0 spiro atoms. The number of carbonyl (C=O) groups is 3. The van der Waals surface area contributed by atoms with Crippen molar-refractivity contribution in [3.8, 4) is 0 Å². The minimum absolute atomic E-state index is 0.152. The Hall–Kier alpha value is -3.26. The second-order valence-corrected chi connectivity index (χ2v) is 13.3. The van der Waals surface area contributed by atoms with Crippen LogP contribution in [0, 0.1) is 5.92 Å². The zero-order valence-electron chi connectivity index (χ0n) is 23.5. The first-order valence-electron chi connectivity index (χ1n) is 13.4. The Morgan fingerprint density at radius 2 is 1.69 bits per heavy atom. The number of amides is 4. The molecule has 1 aliphatic rings. The van der Waals surface area contributed by atoms with E-state index in [1.807, 2.05) is 6.26 Å². The van der Waals surface area contributed by atoms with Crippen LogP contribution in [0.1, 0.15) is 55.5 Å². The maximum Gasteiger partial charge on any atom is 0.416 e. The summed E-state index contributed by atoms with van der Waals surface area (Å²) in [5, 5.41) is 9.99. The lowest BCUT2D eigenvalue weighted by atomic mass is 9.86. The van der Waals surface area contributed by atoms with E-state index >= 15 is 0 Å². The van der Waals surface area contributed by atoms with Crippen LogP contribution in [0.25, 0.3) is 0 Å². The van der Waals surface area contributed by atoms with Gasteiger partial charge in [0.15, 0.2) is 9.84 Å². The first-order valence-corrected chi connectivity index (χ1v) is 16.3. The topological polar surface area (TPSA) is 133 Å². The highest BCUT2D eigenvalue weighted by atomic mass is 32.2. The van der Waals surface area contributed by atoms with Crippen LogP contribution in [0.15, 0.2) is 52.3 Å². The third-order valence-electron chi connectivity index (χ3n) is 6.78. The lowest BCUT2D eigenvalue weighted by Gasteiger charge is -2.32. The number of hydrogen-bond donors (Lipinski definition) is 4. The molecular weight excluding hydrogens is 593 g/mol. The van der Waals surface area contributed by atoms with Gasteiger partial charge in [0.05, 0.1) is 34.0 Å². The molecule has 3 rings (SSSR count). The van der Waals surface area contributed by atoms with E-state index in [1.54, 1.807) is 38.1 Å². The predicted molar refractivity (Wildman–Crippen MR) is 155 cm³/mol. The molecular formula is C28H35F3N4O5S2. The molecule has 0 aliphatic heterocycles. The molecule has 0 heterocycles. The van der Waals surface area contributed by atoms with Crippen LogP contribution < -0.4 is 21.3 Å². The Morgan fingerprint density at radius 3 is 2.31 bits per heavy atom. The Kier molecular flexibility index (Phi) is 11.3. The highest BCUT2D eigenvalue weighted by Gasteiger charge is 2.33. The van der Waals surface area contributed by atoms with Gasteiger partial charge in [-0.2, -0.15) is 13.2 Å². The van der Waals surface area contributed by atoms with E-state index in [2.05, 4.69) is 21.3 Å². The summed E-state index contributed by atoms with van der Waals surface area (Å²) in [6.45, 7) is 2.82. The van der Waals surface area contributed by atoms with E-state index in [4.69, 9.17) is 0 Å². The first kappa shape index (κ1) is 33.2. The van der Waals surface area contributed by atoms with Gasteiger partial charge < -0.3 is 21.3 Å². The normalized spacial score (nSPS) is 17.4. The van der Waals surface area contributed by atoms with Crippen LogP contribution in [-0.2, 0) is 20.8 Å². The SMILES string of the molecule is CSc1ccc(S(=O)(=O)C[C@H]2CCCC[C@@H]2NC(=O)CNC(=O)c2cc(C(F)(F)F)ccc2NC(=O)NC(C)C)cc1. The van der Waals surface area contributed by atoms with Crippen molar-refractivity contribution < 1.29 is 36.0 Å². The highest BCUT2D eigenvalue weighted by molar-refractivity contribution is 7.98. The molecule has 2 atom stereocenters. The fourth-order valence-electron chi connectivity index (χ4n) is 4.71. The zero-order valence-corrected chi connectivity index (χ0v) is 25.1. The van der Waals surface area contributed by atoms with Crippen molar-refractivity contribution in [3.63, 3.8) is 0 Å². The Labute approximate surface area is 247 Å². The Bertz CT molecular complexity index is 1380. The van der Waals surface area contributed by atoms with Crippen LogP contribution >= 0.6 is 11.8 Å². The van der Waals surface area contributed by atoms with Crippen LogP contribution in [0.5, 0.6) is 0 Å². The number of carbonyl (C=O) groups excluding carboxylic acids is 3. The molecule has 1 aliphatic carbocycles. The van der Waals surface area contributed by atoms with Crippen molar-refractivity contribution in [3.05, 3.63) is 53.6 Å². The van der Waals surface area contributed by atoms with Crippen molar-refractivity contribution >= 4 is 45.1 Å². The molecule has 0 unspecified atom stereocenters. The minimum atomic E-state index is -4.74. The molecule has 4 N–H and O–H groups in total. The summed E-state index contributed by atoms with van der Waals surface area (Å²) in [6.07, 6.45) is -0.102. The smallest absolute Gasteiger partial charge is 0.352 e. The van der Waals surface area contributed by atoms with Gasteiger partial charge in [0, 0.05) is 17.0 Å². The molecule has 0 radical (unpaired) electrons. The monoisotopic (exact) mass is 628 g/mol. The predicted octanol–water partition coefficient (Wildman–Crippen LogP) is 4.84. The van der Waals surface area contributed by atoms with E-state index in [0.717, 1.165) is 29.9 Å². The van der Waals surface area contributed by atoms with Crippen molar-refractivity contribution in [2.24, 2.45) is 5.92 Å². The second-order valence-electron chi connectivity index (χ2n) is 10.4. The molecule has 0 saturated heterocycles. The van der Waals surface area contributed by atoms with E-state index in [9.17, 15) is 36.0 Å². The fourth-order valence-corrected chi connectivity index (χ4v) is 6.82. The average Bonchev–Trinajstić information content (AvgIpc) is 2.92.